The smallest absolute Gasteiger partial charge is 0.351 e. The minimum Gasteiger partial charge on any atom is -0.477 e. The first-order valence-corrected chi connectivity index (χ1v) is 1.98. The molecule has 2 N–H and O–H groups in total. The van der Waals surface area contributed by atoms with Crippen molar-refractivity contribution in [2.45, 2.75) is 0 Å². The average molecular weight is 99.1 g/mol. The fourth-order valence-corrected chi connectivity index (χ4v) is 0.367. The molecule has 0 radical (unpaired) electrons. The molecule has 0 saturated carbocycles. The van der Waals surface area contributed by atoms with Crippen molar-refractivity contribution in [3.8, 4) is 0 Å². The van der Waals surface area contributed by atoms with E-state index in [4.69, 9.17) is 5.11 Å². The van der Waals surface area contributed by atoms with Crippen LogP contribution in [0.25, 0.3) is 0 Å². The zero-order valence-corrected chi connectivity index (χ0v) is 3.64. The Morgan fingerprint density at radius 2 is 2.57 bits per heavy atom. The van der Waals surface area contributed by atoms with E-state index in [-0.39, 0.29) is 0 Å². The van der Waals surface area contributed by atoms with E-state index in [1.54, 1.807) is 6.08 Å². The molecule has 0 fully saturated rings. The van der Waals surface area contributed by atoms with Crippen LogP contribution in [0.1, 0.15) is 0 Å². The quantitative estimate of drug-likeness (QED) is 0.468. The number of nitrogens with one attached hydrogen (secondary N) is 1. The van der Waals surface area contributed by atoms with Gasteiger partial charge in [0.15, 0.2) is 0 Å². The molecule has 7 heavy (non-hydrogen) atoms. The Morgan fingerprint density at radius 3 is 2.57 bits per heavy atom. The van der Waals surface area contributed by atoms with Crippen LogP contribution in [0.2, 0.25) is 0 Å². The Morgan fingerprint density at radius 1 is 2.00 bits per heavy atom. The first kappa shape index (κ1) is 4.18. The van der Waals surface area contributed by atoms with Gasteiger partial charge in [0, 0.05) is 6.54 Å². The van der Waals surface area contributed by atoms with Crippen molar-refractivity contribution < 1.29 is 9.90 Å². The van der Waals surface area contributed by atoms with Gasteiger partial charge in [-0.15, -0.1) is 0 Å². The van der Waals surface area contributed by atoms with Crippen LogP contribution in [-0.4, -0.2) is 17.6 Å². The van der Waals surface area contributed by atoms with Gasteiger partial charge in [-0.25, -0.2) is 4.79 Å². The van der Waals surface area contributed by atoms with Gasteiger partial charge in [0.1, 0.15) is 5.70 Å². The maximum atomic E-state index is 9.85. The first-order chi connectivity index (χ1) is 3.30. The summed E-state index contributed by atoms with van der Waals surface area (Å²) in [6, 6.07) is 0. The van der Waals surface area contributed by atoms with E-state index >= 15 is 0 Å². The van der Waals surface area contributed by atoms with E-state index in [0.29, 0.717) is 12.2 Å². The zero-order chi connectivity index (χ0) is 5.28. The van der Waals surface area contributed by atoms with Gasteiger partial charge in [0.2, 0.25) is 0 Å². The molecule has 0 amide bonds. The molecule has 0 aromatic rings. The number of carboxylic acid groups (broad SMARTS) is 1. The fraction of sp³-hybridized carbons (Fsp3) is 0.250. The van der Waals surface area contributed by atoms with Crippen molar-refractivity contribution in [1.82, 2.24) is 5.32 Å². The van der Waals surface area contributed by atoms with E-state index in [1.165, 1.54) is 0 Å². The largest absolute Gasteiger partial charge is 0.477 e. The molecule has 0 aliphatic carbocycles. The maximum absolute atomic E-state index is 9.85. The van der Waals surface area contributed by atoms with Gasteiger partial charge < -0.3 is 10.4 Å². The minimum atomic E-state index is -0.869. The summed E-state index contributed by atoms with van der Waals surface area (Å²) >= 11 is 0. The topological polar surface area (TPSA) is 49.3 Å². The predicted molar refractivity (Wildman–Crippen MR) is 23.7 cm³/mol. The van der Waals surface area contributed by atoms with Gasteiger partial charge in [-0.1, -0.05) is 0 Å². The Kier molecular flexibility index (Phi) is 0.749. The summed E-state index contributed by atoms with van der Waals surface area (Å²) in [5, 5.41) is 10.7. The average Bonchev–Trinajstić information content (AvgIpc) is 1.23. The highest BCUT2D eigenvalue weighted by Gasteiger charge is 2.10. The summed E-state index contributed by atoms with van der Waals surface area (Å²) in [6.07, 6.45) is 1.63. The number of carboxylic acids is 1. The Hall–Kier alpha value is -0.990. The summed E-state index contributed by atoms with van der Waals surface area (Å²) in [4.78, 5) is 9.85. The molecule has 1 aliphatic rings. The van der Waals surface area contributed by atoms with Gasteiger partial charge >= 0.3 is 5.97 Å². The summed E-state index contributed by atoms with van der Waals surface area (Å²) in [6.45, 7) is 0.696. The van der Waals surface area contributed by atoms with Crippen LogP contribution in [0.4, 0.5) is 0 Å². The normalized spacial score (nSPS) is 16.3. The number of rotatable bonds is 1. The summed E-state index contributed by atoms with van der Waals surface area (Å²) in [5.74, 6) is -0.869. The molecule has 0 aromatic carbocycles. The third-order valence-electron chi connectivity index (χ3n) is 0.829. The highest BCUT2D eigenvalue weighted by Crippen LogP contribution is 1.95. The maximum Gasteiger partial charge on any atom is 0.351 e. The second-order valence-electron chi connectivity index (χ2n) is 1.30. The molecule has 0 unspecified atom stereocenters. The minimum absolute atomic E-state index is 0.319. The number of hydrogen-bond donors (Lipinski definition) is 2. The zero-order valence-electron chi connectivity index (χ0n) is 3.64. The highest BCUT2D eigenvalue weighted by molar-refractivity contribution is 5.87. The lowest BCUT2D eigenvalue weighted by molar-refractivity contribution is -0.133. The van der Waals surface area contributed by atoms with Gasteiger partial charge in [-0.05, 0) is 6.08 Å². The van der Waals surface area contributed by atoms with Crippen LogP contribution in [0.3, 0.4) is 0 Å². The lowest BCUT2D eigenvalue weighted by Gasteiger charge is -2.11. The summed E-state index contributed by atoms with van der Waals surface area (Å²) in [5.41, 5.74) is 0.319. The second kappa shape index (κ2) is 1.26. The molecule has 0 atom stereocenters. The molecule has 1 rings (SSSR count). The third kappa shape index (κ3) is 0.559. The van der Waals surface area contributed by atoms with Crippen molar-refractivity contribution in [2.24, 2.45) is 0 Å². The van der Waals surface area contributed by atoms with E-state index in [0.717, 1.165) is 0 Å². The standard InChI is InChI=1S/C4H5NO2/c6-4(7)3-1-2-5-3/h1,5H,2H2,(H,6,7). The van der Waals surface area contributed by atoms with Gasteiger partial charge in [0.25, 0.3) is 0 Å². The van der Waals surface area contributed by atoms with E-state index in [2.05, 4.69) is 5.32 Å². The molecule has 38 valence electrons. The summed E-state index contributed by atoms with van der Waals surface area (Å²) < 4.78 is 0. The lowest BCUT2D eigenvalue weighted by Crippen LogP contribution is -2.29. The van der Waals surface area contributed by atoms with Crippen molar-refractivity contribution >= 4 is 5.97 Å². The number of aliphatic carboxylic acids is 1. The SMILES string of the molecule is O=C(O)C1=CCN1. The van der Waals surface area contributed by atoms with Gasteiger partial charge in [0.05, 0.1) is 0 Å². The van der Waals surface area contributed by atoms with Crippen LogP contribution in [0, 0.1) is 0 Å². The molecular formula is C4H5NO2. The molecule has 1 heterocycles. The molecule has 0 spiro atoms. The Labute approximate surface area is 40.6 Å². The lowest BCUT2D eigenvalue weighted by atomic mass is 10.3. The van der Waals surface area contributed by atoms with Crippen molar-refractivity contribution in [3.63, 3.8) is 0 Å². The highest BCUT2D eigenvalue weighted by atomic mass is 16.4. The molecule has 1 aliphatic heterocycles. The van der Waals surface area contributed by atoms with Crippen LogP contribution in [0.5, 0.6) is 0 Å². The van der Waals surface area contributed by atoms with E-state index < -0.39 is 5.97 Å². The first-order valence-electron chi connectivity index (χ1n) is 1.98. The van der Waals surface area contributed by atoms with Crippen molar-refractivity contribution in [1.29, 1.82) is 0 Å². The monoisotopic (exact) mass is 99.0 g/mol. The fourth-order valence-electron chi connectivity index (χ4n) is 0.367. The Balaban J connectivity index is 2.57. The number of carbonyl (C=O) groups is 1. The van der Waals surface area contributed by atoms with E-state index in [9.17, 15) is 4.79 Å². The van der Waals surface area contributed by atoms with Crippen LogP contribution < -0.4 is 5.32 Å². The van der Waals surface area contributed by atoms with Crippen molar-refractivity contribution in [2.75, 3.05) is 6.54 Å². The molecule has 3 nitrogen and oxygen atoms in total. The second-order valence-corrected chi connectivity index (χ2v) is 1.30. The molecule has 0 saturated heterocycles. The Bertz CT molecular complexity index is 128. The van der Waals surface area contributed by atoms with E-state index in [1.807, 2.05) is 0 Å². The van der Waals surface area contributed by atoms with Crippen LogP contribution in [-0.2, 0) is 4.79 Å². The molecule has 3 heteroatoms. The van der Waals surface area contributed by atoms with Gasteiger partial charge in [-0.2, -0.15) is 0 Å². The predicted octanol–water partition coefficient (Wildman–Crippen LogP) is -0.442. The summed E-state index contributed by atoms with van der Waals surface area (Å²) in [7, 11) is 0. The number of hydrogen-bond acceptors (Lipinski definition) is 2. The molecule has 0 bridgehead atoms. The van der Waals surface area contributed by atoms with Crippen LogP contribution >= 0.6 is 0 Å². The molecule has 0 aromatic heterocycles. The van der Waals surface area contributed by atoms with Gasteiger partial charge in [-0.3, -0.25) is 0 Å². The third-order valence-corrected chi connectivity index (χ3v) is 0.829. The molecular weight excluding hydrogens is 94.0 g/mol. The van der Waals surface area contributed by atoms with Crippen LogP contribution in [0.15, 0.2) is 11.8 Å². The van der Waals surface area contributed by atoms with Crippen molar-refractivity contribution in [3.05, 3.63) is 11.8 Å².